The van der Waals surface area contributed by atoms with E-state index in [1.54, 1.807) is 48.6 Å². The van der Waals surface area contributed by atoms with Crippen LogP contribution in [0.15, 0.2) is 11.9 Å². The number of hydrogen-bond donors (Lipinski definition) is 0. The second-order valence-electron chi connectivity index (χ2n) is 6.75. The van der Waals surface area contributed by atoms with Gasteiger partial charge in [-0.15, -0.1) is 0 Å². The highest BCUT2D eigenvalue weighted by Crippen LogP contribution is 2.19. The highest BCUT2D eigenvalue weighted by molar-refractivity contribution is 5.85. The third kappa shape index (κ3) is 8.86. The molecule has 0 unspecified atom stereocenters. The number of carbonyl (C=O) groups is 2. The molecule has 0 aliphatic heterocycles. The number of rotatable bonds is 8. The molecule has 0 radical (unpaired) electrons. The number of ether oxygens (including phenoxy) is 3. The molecule has 0 fully saturated rings. The van der Waals surface area contributed by atoms with Gasteiger partial charge in [0, 0.05) is 13.7 Å². The van der Waals surface area contributed by atoms with Crippen LogP contribution in [0.1, 0.15) is 54.4 Å². The van der Waals surface area contributed by atoms with E-state index in [1.165, 1.54) is 11.0 Å². The zero-order chi connectivity index (χ0) is 19.0. The molecule has 0 spiro atoms. The Balaban J connectivity index is 4.31. The van der Waals surface area contributed by atoms with Crippen molar-refractivity contribution in [2.24, 2.45) is 0 Å². The van der Waals surface area contributed by atoms with E-state index in [2.05, 4.69) is 4.74 Å². The van der Waals surface area contributed by atoms with Crippen molar-refractivity contribution < 1.29 is 28.2 Å². The number of nitrogens with zero attached hydrogens (tertiary/aromatic N) is 1. The van der Waals surface area contributed by atoms with Gasteiger partial charge in [0.1, 0.15) is 11.3 Å². The first-order valence-electron chi connectivity index (χ1n) is 8.04. The van der Waals surface area contributed by atoms with Crippen molar-refractivity contribution in [3.63, 3.8) is 0 Å². The summed E-state index contributed by atoms with van der Waals surface area (Å²) in [5.74, 6) is -1.86. The third-order valence-electron chi connectivity index (χ3n) is 3.07. The summed E-state index contributed by atoms with van der Waals surface area (Å²) in [7, 11) is 1.59. The monoisotopic (exact) mass is 347 g/mol. The van der Waals surface area contributed by atoms with Crippen molar-refractivity contribution in [1.29, 1.82) is 0 Å². The van der Waals surface area contributed by atoms with Gasteiger partial charge >= 0.3 is 12.1 Å². The van der Waals surface area contributed by atoms with Crippen LogP contribution in [-0.2, 0) is 19.0 Å². The summed E-state index contributed by atoms with van der Waals surface area (Å²) in [4.78, 5) is 24.5. The Labute approximate surface area is 143 Å². The van der Waals surface area contributed by atoms with Crippen LogP contribution in [0.3, 0.4) is 0 Å². The lowest BCUT2D eigenvalue weighted by atomic mass is 10.2. The Morgan fingerprint density at radius 1 is 1.17 bits per heavy atom. The van der Waals surface area contributed by atoms with Gasteiger partial charge in [0.15, 0.2) is 0 Å². The maximum atomic E-state index is 13.3. The minimum Gasteiger partial charge on any atom is -0.461 e. The molecule has 0 rings (SSSR count). The largest absolute Gasteiger partial charge is 0.461 e. The highest BCUT2D eigenvalue weighted by atomic mass is 19.1. The van der Waals surface area contributed by atoms with E-state index in [0.717, 1.165) is 0 Å². The number of allylic oxidation sites excluding steroid dienone is 1. The second kappa shape index (κ2) is 9.61. The van der Waals surface area contributed by atoms with E-state index in [4.69, 9.17) is 9.47 Å². The normalized spacial score (nSPS) is 12.8. The number of halogens is 1. The first-order chi connectivity index (χ1) is 10.9. The SMILES string of the molecule is CCOC(=O)/C(F)=C/CCCOC(C)(C)N(C)C(=O)OC(C)(C)C. The molecule has 0 saturated heterocycles. The molecule has 0 aliphatic carbocycles. The lowest BCUT2D eigenvalue weighted by Gasteiger charge is -2.36. The number of unbranched alkanes of at least 4 members (excludes halogenated alkanes) is 1. The Bertz CT molecular complexity index is 454. The van der Waals surface area contributed by atoms with Crippen molar-refractivity contribution in [1.82, 2.24) is 4.90 Å². The van der Waals surface area contributed by atoms with E-state index in [1.807, 2.05) is 0 Å². The van der Waals surface area contributed by atoms with Gasteiger partial charge in [-0.2, -0.15) is 4.39 Å². The van der Waals surface area contributed by atoms with Crippen molar-refractivity contribution in [2.45, 2.75) is 65.7 Å². The maximum Gasteiger partial charge on any atom is 0.412 e. The Hall–Kier alpha value is -1.63. The second-order valence-corrected chi connectivity index (χ2v) is 6.75. The molecule has 0 aromatic heterocycles. The fourth-order valence-electron chi connectivity index (χ4n) is 1.56. The summed E-state index contributed by atoms with van der Waals surface area (Å²) in [5.41, 5.74) is -1.46. The van der Waals surface area contributed by atoms with Crippen LogP contribution in [0.25, 0.3) is 0 Å². The molecule has 7 heteroatoms. The van der Waals surface area contributed by atoms with Crippen LogP contribution < -0.4 is 0 Å². The summed E-state index contributed by atoms with van der Waals surface area (Å²) in [6.07, 6.45) is 1.52. The summed E-state index contributed by atoms with van der Waals surface area (Å²) in [6.45, 7) is 10.9. The van der Waals surface area contributed by atoms with E-state index in [9.17, 15) is 14.0 Å². The molecule has 0 bridgehead atoms. The molecule has 6 nitrogen and oxygen atoms in total. The van der Waals surface area contributed by atoms with Gasteiger partial charge in [-0.25, -0.2) is 9.59 Å². The third-order valence-corrected chi connectivity index (χ3v) is 3.07. The van der Waals surface area contributed by atoms with Crippen molar-refractivity contribution in [3.8, 4) is 0 Å². The molecule has 0 aliphatic rings. The molecular formula is C17H30FNO5. The highest BCUT2D eigenvalue weighted by Gasteiger charge is 2.31. The topological polar surface area (TPSA) is 65.1 Å². The van der Waals surface area contributed by atoms with E-state index >= 15 is 0 Å². The fourth-order valence-corrected chi connectivity index (χ4v) is 1.56. The van der Waals surface area contributed by atoms with Crippen LogP contribution in [0.2, 0.25) is 0 Å². The standard InChI is InChI=1S/C17H30FNO5/c1-8-22-14(20)13(18)11-9-10-12-23-17(5,6)19(7)15(21)24-16(2,3)4/h11H,8-10,12H2,1-7H3/b13-11-. The molecular weight excluding hydrogens is 317 g/mol. The van der Waals surface area contributed by atoms with Crippen LogP contribution in [0.5, 0.6) is 0 Å². The fraction of sp³-hybridized carbons (Fsp3) is 0.765. The van der Waals surface area contributed by atoms with Crippen LogP contribution >= 0.6 is 0 Å². The Morgan fingerprint density at radius 3 is 2.25 bits per heavy atom. The molecule has 24 heavy (non-hydrogen) atoms. The molecule has 0 aromatic carbocycles. The summed E-state index contributed by atoms with van der Waals surface area (Å²) in [5, 5.41) is 0. The van der Waals surface area contributed by atoms with Gasteiger partial charge < -0.3 is 14.2 Å². The quantitative estimate of drug-likeness (QED) is 0.289. The van der Waals surface area contributed by atoms with E-state index in [-0.39, 0.29) is 6.61 Å². The first-order valence-corrected chi connectivity index (χ1v) is 8.04. The van der Waals surface area contributed by atoms with E-state index in [0.29, 0.717) is 19.4 Å². The number of carbonyl (C=O) groups excluding carboxylic acids is 2. The first kappa shape index (κ1) is 22.4. The number of esters is 1. The Morgan fingerprint density at radius 2 is 1.75 bits per heavy atom. The summed E-state index contributed by atoms with van der Waals surface area (Å²) < 4.78 is 28.8. The summed E-state index contributed by atoms with van der Waals surface area (Å²) >= 11 is 0. The van der Waals surface area contributed by atoms with Gasteiger partial charge in [-0.05, 0) is 60.5 Å². The smallest absolute Gasteiger partial charge is 0.412 e. The molecule has 0 N–H and O–H groups in total. The number of amides is 1. The van der Waals surface area contributed by atoms with Gasteiger partial charge in [-0.1, -0.05) is 0 Å². The average Bonchev–Trinajstić information content (AvgIpc) is 2.44. The number of hydrogen-bond acceptors (Lipinski definition) is 5. The maximum absolute atomic E-state index is 13.3. The molecule has 0 heterocycles. The van der Waals surface area contributed by atoms with Crippen LogP contribution in [0, 0.1) is 0 Å². The molecule has 0 saturated carbocycles. The van der Waals surface area contributed by atoms with Crippen LogP contribution in [0.4, 0.5) is 9.18 Å². The lowest BCUT2D eigenvalue weighted by molar-refractivity contribution is -0.140. The minimum absolute atomic E-state index is 0.133. The predicted molar refractivity (Wildman–Crippen MR) is 89.1 cm³/mol. The zero-order valence-corrected chi connectivity index (χ0v) is 15.8. The van der Waals surface area contributed by atoms with Crippen molar-refractivity contribution in [3.05, 3.63) is 11.9 Å². The average molecular weight is 347 g/mol. The predicted octanol–water partition coefficient (Wildman–Crippen LogP) is 3.80. The van der Waals surface area contributed by atoms with Crippen molar-refractivity contribution in [2.75, 3.05) is 20.3 Å². The molecule has 0 atom stereocenters. The zero-order valence-electron chi connectivity index (χ0n) is 15.8. The lowest BCUT2D eigenvalue weighted by Crippen LogP contribution is -2.49. The van der Waals surface area contributed by atoms with Crippen LogP contribution in [-0.4, -0.2) is 48.5 Å². The van der Waals surface area contributed by atoms with Gasteiger partial charge in [0.2, 0.25) is 5.83 Å². The van der Waals surface area contributed by atoms with Gasteiger partial charge in [-0.3, -0.25) is 4.90 Å². The molecule has 1 amide bonds. The summed E-state index contributed by atoms with van der Waals surface area (Å²) in [6, 6.07) is 0. The minimum atomic E-state index is -0.955. The van der Waals surface area contributed by atoms with E-state index < -0.39 is 29.2 Å². The van der Waals surface area contributed by atoms with Crippen molar-refractivity contribution >= 4 is 12.1 Å². The Kier molecular flexibility index (Phi) is 8.96. The molecule has 140 valence electrons. The molecule has 0 aromatic rings. The van der Waals surface area contributed by atoms with Gasteiger partial charge in [0.25, 0.3) is 0 Å². The van der Waals surface area contributed by atoms with Gasteiger partial charge in [0.05, 0.1) is 6.61 Å².